The lowest BCUT2D eigenvalue weighted by Gasteiger charge is -2.21. The summed E-state index contributed by atoms with van der Waals surface area (Å²) in [6.45, 7) is 12.0. The minimum atomic E-state index is -0.916. The van der Waals surface area contributed by atoms with Crippen LogP contribution in [0.5, 0.6) is 11.5 Å². The molecule has 0 aliphatic heterocycles. The molecule has 0 heterocycles. The molecule has 1 aromatic carbocycles. The van der Waals surface area contributed by atoms with E-state index in [1.54, 1.807) is 0 Å². The molecule has 0 saturated heterocycles. The van der Waals surface area contributed by atoms with Gasteiger partial charge in [0.15, 0.2) is 0 Å². The van der Waals surface area contributed by atoms with Gasteiger partial charge in [-0.05, 0) is 91.4 Å². The molecule has 3 N–H and O–H groups in total. The van der Waals surface area contributed by atoms with Gasteiger partial charge in [0.1, 0.15) is 11.5 Å². The highest BCUT2D eigenvalue weighted by Crippen LogP contribution is 2.37. The Hall–Kier alpha value is -2.79. The van der Waals surface area contributed by atoms with Crippen molar-refractivity contribution in [2.45, 2.75) is 85.7 Å². The third kappa shape index (κ3) is 10.0. The van der Waals surface area contributed by atoms with Crippen molar-refractivity contribution in [3.63, 3.8) is 0 Å². The van der Waals surface area contributed by atoms with E-state index in [2.05, 4.69) is 26.0 Å². The second-order valence-electron chi connectivity index (χ2n) is 9.41. The maximum absolute atomic E-state index is 12.6. The predicted octanol–water partition coefficient (Wildman–Crippen LogP) is 6.64. The number of phenols is 2. The summed E-state index contributed by atoms with van der Waals surface area (Å²) in [5.41, 5.74) is 5.16. The lowest BCUT2D eigenvalue weighted by Crippen LogP contribution is -2.22. The zero-order chi connectivity index (χ0) is 25.8. The van der Waals surface area contributed by atoms with Gasteiger partial charge < -0.3 is 20.1 Å². The highest BCUT2D eigenvalue weighted by Gasteiger charge is 2.29. The molecule has 0 radical (unpaired) electrons. The molecule has 34 heavy (non-hydrogen) atoms. The number of carbonyl (C=O) groups excluding carboxylic acids is 1. The fourth-order valence-corrected chi connectivity index (χ4v) is 3.62. The Morgan fingerprint density at radius 3 is 2.21 bits per heavy atom. The number of hydrogen-bond acceptors (Lipinski definition) is 5. The first-order chi connectivity index (χ1) is 16.0. The minimum absolute atomic E-state index is 0.0395. The van der Waals surface area contributed by atoms with Gasteiger partial charge in [-0.25, -0.2) is 0 Å². The Morgan fingerprint density at radius 2 is 1.62 bits per heavy atom. The van der Waals surface area contributed by atoms with Crippen LogP contribution in [0.2, 0.25) is 0 Å². The second-order valence-corrected chi connectivity index (χ2v) is 9.41. The number of rotatable bonds is 12. The maximum atomic E-state index is 12.6. The number of hydrogen-bond donors (Lipinski definition) is 3. The summed E-state index contributed by atoms with van der Waals surface area (Å²) >= 11 is 0. The van der Waals surface area contributed by atoms with Crippen molar-refractivity contribution < 1.29 is 24.9 Å². The molecule has 0 saturated carbocycles. The van der Waals surface area contributed by atoms with Gasteiger partial charge in [0.05, 0.1) is 19.1 Å². The number of phenolic OH excluding ortho intramolecular Hbond substituents is 2. The van der Waals surface area contributed by atoms with E-state index in [0.29, 0.717) is 18.4 Å². The summed E-state index contributed by atoms with van der Waals surface area (Å²) in [5, 5.41) is 32.0. The number of methoxy groups -OCH3 is 1. The third-order valence-electron chi connectivity index (χ3n) is 5.78. The van der Waals surface area contributed by atoms with E-state index in [9.17, 15) is 20.1 Å². The Balaban J connectivity index is 3.18. The number of aliphatic hydroxyl groups excluding tert-OH is 1. The van der Waals surface area contributed by atoms with Crippen molar-refractivity contribution in [1.29, 1.82) is 0 Å². The number of allylic oxidation sites excluding steroid dienone is 7. The van der Waals surface area contributed by atoms with Crippen LogP contribution >= 0.6 is 0 Å². The van der Waals surface area contributed by atoms with Crippen molar-refractivity contribution in [3.05, 3.63) is 69.9 Å². The monoisotopic (exact) mass is 470 g/mol. The molecule has 5 heteroatoms. The zero-order valence-electron chi connectivity index (χ0n) is 21.8. The molecule has 0 aliphatic carbocycles. The standard InChI is InChI=1S/C29H42O5/c1-19(2)10-8-12-21(5)14-15-23-16-24(30)17-25(28(23)32)26(29(33)34-7)18-27(31)22(6)13-9-11-20(3)4/h10-11,13-14,16-17,26-27,30-32H,8-9,12,15,18H2,1-7H3/t26-,27-/m1/s1. The van der Waals surface area contributed by atoms with Crippen LogP contribution in [0.1, 0.15) is 84.3 Å². The van der Waals surface area contributed by atoms with Crippen LogP contribution in [0.4, 0.5) is 0 Å². The Bertz CT molecular complexity index is 942. The fraction of sp³-hybridized carbons (Fsp3) is 0.483. The Labute approximate surface area is 205 Å². The van der Waals surface area contributed by atoms with Crippen LogP contribution < -0.4 is 0 Å². The van der Waals surface area contributed by atoms with Crippen molar-refractivity contribution in [3.8, 4) is 11.5 Å². The SMILES string of the molecule is COC(=O)[C@H](C[C@@H](O)C(C)=CCC=C(C)C)c1cc(O)cc(CC=C(C)CCC=C(C)C)c1O. The fourth-order valence-electron chi connectivity index (χ4n) is 3.62. The molecule has 0 bridgehead atoms. The molecule has 0 amide bonds. The van der Waals surface area contributed by atoms with E-state index in [-0.39, 0.29) is 23.5 Å². The van der Waals surface area contributed by atoms with Crippen molar-refractivity contribution in [1.82, 2.24) is 0 Å². The van der Waals surface area contributed by atoms with Crippen LogP contribution in [-0.2, 0) is 16.0 Å². The van der Waals surface area contributed by atoms with Crippen LogP contribution in [0.3, 0.4) is 0 Å². The van der Waals surface area contributed by atoms with E-state index < -0.39 is 18.0 Å². The lowest BCUT2D eigenvalue weighted by atomic mass is 9.88. The van der Waals surface area contributed by atoms with Gasteiger partial charge in [-0.15, -0.1) is 0 Å². The normalized spacial score (nSPS) is 13.8. The van der Waals surface area contributed by atoms with Crippen LogP contribution in [-0.4, -0.2) is 34.5 Å². The molecule has 2 atom stereocenters. The molecule has 188 valence electrons. The molecular formula is C29H42O5. The van der Waals surface area contributed by atoms with Gasteiger partial charge in [-0.2, -0.15) is 0 Å². The summed E-state index contributed by atoms with van der Waals surface area (Å²) in [5.74, 6) is -1.59. The van der Waals surface area contributed by atoms with E-state index >= 15 is 0 Å². The average molecular weight is 471 g/mol. The molecular weight excluding hydrogens is 428 g/mol. The third-order valence-corrected chi connectivity index (χ3v) is 5.78. The summed E-state index contributed by atoms with van der Waals surface area (Å²) in [7, 11) is 1.28. The molecule has 0 spiro atoms. The van der Waals surface area contributed by atoms with E-state index in [1.807, 2.05) is 39.8 Å². The topological polar surface area (TPSA) is 87.0 Å². The van der Waals surface area contributed by atoms with Crippen LogP contribution in [0.15, 0.2) is 58.7 Å². The van der Waals surface area contributed by atoms with Gasteiger partial charge in [-0.3, -0.25) is 4.79 Å². The minimum Gasteiger partial charge on any atom is -0.508 e. The van der Waals surface area contributed by atoms with Gasteiger partial charge in [0.25, 0.3) is 0 Å². The predicted molar refractivity (Wildman–Crippen MR) is 139 cm³/mol. The summed E-state index contributed by atoms with van der Waals surface area (Å²) in [6, 6.07) is 2.88. The molecule has 0 unspecified atom stereocenters. The van der Waals surface area contributed by atoms with Gasteiger partial charge in [0.2, 0.25) is 0 Å². The Morgan fingerprint density at radius 1 is 0.971 bits per heavy atom. The van der Waals surface area contributed by atoms with Gasteiger partial charge in [0, 0.05) is 11.1 Å². The number of carbonyl (C=O) groups is 1. The average Bonchev–Trinajstić information content (AvgIpc) is 2.76. The van der Waals surface area contributed by atoms with Crippen molar-refractivity contribution in [2.24, 2.45) is 0 Å². The molecule has 0 aromatic heterocycles. The van der Waals surface area contributed by atoms with Crippen molar-refractivity contribution >= 4 is 5.97 Å². The highest BCUT2D eigenvalue weighted by molar-refractivity contribution is 5.79. The quantitative estimate of drug-likeness (QED) is 0.181. The summed E-state index contributed by atoms with van der Waals surface area (Å²) in [6.07, 6.45) is 10.3. The molecule has 0 fully saturated rings. The van der Waals surface area contributed by atoms with Crippen LogP contribution in [0, 0.1) is 0 Å². The summed E-state index contributed by atoms with van der Waals surface area (Å²) < 4.78 is 4.97. The summed E-state index contributed by atoms with van der Waals surface area (Å²) in [4.78, 5) is 12.6. The maximum Gasteiger partial charge on any atom is 0.313 e. The largest absolute Gasteiger partial charge is 0.508 e. The van der Waals surface area contributed by atoms with E-state index in [4.69, 9.17) is 4.74 Å². The number of aromatic hydroxyl groups is 2. The zero-order valence-corrected chi connectivity index (χ0v) is 21.8. The molecule has 1 aromatic rings. The van der Waals surface area contributed by atoms with Crippen LogP contribution in [0.25, 0.3) is 0 Å². The Kier molecular flexibility index (Phi) is 12.4. The highest BCUT2D eigenvalue weighted by atomic mass is 16.5. The first kappa shape index (κ1) is 29.2. The van der Waals surface area contributed by atoms with Crippen molar-refractivity contribution in [2.75, 3.05) is 7.11 Å². The first-order valence-electron chi connectivity index (χ1n) is 11.9. The first-order valence-corrected chi connectivity index (χ1v) is 11.9. The lowest BCUT2D eigenvalue weighted by molar-refractivity contribution is -0.143. The molecule has 5 nitrogen and oxygen atoms in total. The molecule has 1 rings (SSSR count). The number of benzene rings is 1. The molecule has 0 aliphatic rings. The smallest absolute Gasteiger partial charge is 0.313 e. The van der Waals surface area contributed by atoms with Gasteiger partial charge in [-0.1, -0.05) is 41.0 Å². The van der Waals surface area contributed by atoms with E-state index in [0.717, 1.165) is 18.4 Å². The van der Waals surface area contributed by atoms with E-state index in [1.165, 1.54) is 36.0 Å². The van der Waals surface area contributed by atoms with Gasteiger partial charge >= 0.3 is 5.97 Å². The number of aliphatic hydroxyl groups is 1. The number of ether oxygens (including phenoxy) is 1. The number of esters is 1. The second kappa shape index (κ2) is 14.5.